The van der Waals surface area contributed by atoms with Gasteiger partial charge in [-0.3, -0.25) is 0 Å². The van der Waals surface area contributed by atoms with Crippen LogP contribution in [0.3, 0.4) is 0 Å². The van der Waals surface area contributed by atoms with E-state index in [1.807, 2.05) is 48.5 Å². The molecule has 2 N–H and O–H groups in total. The van der Waals surface area contributed by atoms with Gasteiger partial charge in [-0.2, -0.15) is 0 Å². The Balaban J connectivity index is 1.60. The molecule has 0 saturated heterocycles. The molecule has 3 aromatic rings. The predicted octanol–water partition coefficient (Wildman–Crippen LogP) is 7.45. The Morgan fingerprint density at radius 3 is 1.20 bits per heavy atom. The van der Waals surface area contributed by atoms with E-state index in [0.717, 1.165) is 47.2 Å². The maximum Gasteiger partial charge on any atom is 0.135 e. The third kappa shape index (κ3) is 10.5. The summed E-state index contributed by atoms with van der Waals surface area (Å²) in [6.07, 6.45) is 10.4. The molecule has 0 bridgehead atoms. The maximum absolute atomic E-state index is 10.5. The number of aliphatic hydroxyl groups excluding tert-OH is 2. The summed E-state index contributed by atoms with van der Waals surface area (Å²) >= 11 is 0. The lowest BCUT2D eigenvalue weighted by molar-refractivity contribution is 0.0111. The normalized spacial score (nSPS) is 13.1. The minimum Gasteiger partial charge on any atom is -0.489 e. The van der Waals surface area contributed by atoms with Crippen LogP contribution >= 0.6 is 0 Å². The van der Waals surface area contributed by atoms with Crippen molar-refractivity contribution in [3.8, 4) is 11.5 Å². The fourth-order valence-electron chi connectivity index (χ4n) is 4.87. The fourth-order valence-corrected chi connectivity index (χ4v) is 4.87. The zero-order valence-electron chi connectivity index (χ0n) is 24.6. The standard InChI is InChI=1S/C34H50O6/c1-3-5-7-9-15-21-37-23-27(35)25-39-33-29-17-11-13-19-31(29)34(32-20-14-12-18-30(32)33)40-26-28(36)24-38-22-16-10-8-6-4-2/h11-14,17-20,27-28,35-36H,3-10,15-16,21-26H2,1-2H3. The monoisotopic (exact) mass is 554 g/mol. The van der Waals surface area contributed by atoms with Gasteiger partial charge in [-0.15, -0.1) is 0 Å². The van der Waals surface area contributed by atoms with E-state index >= 15 is 0 Å². The molecule has 2 atom stereocenters. The molecule has 0 aliphatic carbocycles. The van der Waals surface area contributed by atoms with Gasteiger partial charge in [-0.05, 0) is 12.8 Å². The van der Waals surface area contributed by atoms with Gasteiger partial charge in [0.05, 0.1) is 13.2 Å². The summed E-state index contributed by atoms with van der Waals surface area (Å²) in [6, 6.07) is 15.9. The minimum absolute atomic E-state index is 0.137. The van der Waals surface area contributed by atoms with Gasteiger partial charge in [-0.25, -0.2) is 0 Å². The molecule has 0 aliphatic rings. The van der Waals surface area contributed by atoms with Crippen molar-refractivity contribution in [2.75, 3.05) is 39.6 Å². The van der Waals surface area contributed by atoms with Crippen molar-refractivity contribution in [1.29, 1.82) is 0 Å². The molecule has 0 fully saturated rings. The van der Waals surface area contributed by atoms with Crippen LogP contribution in [0.25, 0.3) is 21.5 Å². The molecule has 40 heavy (non-hydrogen) atoms. The lowest BCUT2D eigenvalue weighted by Crippen LogP contribution is -2.24. The molecule has 0 spiro atoms. The summed E-state index contributed by atoms with van der Waals surface area (Å²) in [5.41, 5.74) is 0. The van der Waals surface area contributed by atoms with Crippen molar-refractivity contribution >= 4 is 21.5 Å². The van der Waals surface area contributed by atoms with Crippen LogP contribution < -0.4 is 9.47 Å². The summed E-state index contributed by atoms with van der Waals surface area (Å²) in [6.45, 7) is 6.52. The highest BCUT2D eigenvalue weighted by molar-refractivity contribution is 6.11. The van der Waals surface area contributed by atoms with Crippen LogP contribution in [-0.4, -0.2) is 62.1 Å². The quantitative estimate of drug-likeness (QED) is 0.0992. The van der Waals surface area contributed by atoms with Crippen LogP contribution in [0, 0.1) is 0 Å². The topological polar surface area (TPSA) is 77.4 Å². The summed E-state index contributed by atoms with van der Waals surface area (Å²) in [4.78, 5) is 0. The number of hydrogen-bond acceptors (Lipinski definition) is 6. The first-order valence-electron chi connectivity index (χ1n) is 15.4. The highest BCUT2D eigenvalue weighted by Gasteiger charge is 2.18. The number of fused-ring (bicyclic) bond motifs is 2. The van der Waals surface area contributed by atoms with Gasteiger partial charge >= 0.3 is 0 Å². The first-order chi connectivity index (χ1) is 19.7. The van der Waals surface area contributed by atoms with Gasteiger partial charge in [0.1, 0.15) is 36.9 Å². The molecule has 6 nitrogen and oxygen atoms in total. The molecule has 222 valence electrons. The molecule has 0 radical (unpaired) electrons. The van der Waals surface area contributed by atoms with Crippen LogP contribution in [0.4, 0.5) is 0 Å². The third-order valence-corrected chi connectivity index (χ3v) is 7.08. The van der Waals surface area contributed by atoms with Crippen LogP contribution in [0.5, 0.6) is 11.5 Å². The highest BCUT2D eigenvalue weighted by atomic mass is 16.5. The molecule has 0 heterocycles. The number of unbranched alkanes of at least 4 members (excludes halogenated alkanes) is 8. The summed E-state index contributed by atoms with van der Waals surface area (Å²) < 4.78 is 23.8. The Morgan fingerprint density at radius 2 is 0.850 bits per heavy atom. The van der Waals surface area contributed by atoms with Gasteiger partial charge in [0.2, 0.25) is 0 Å². The number of ether oxygens (including phenoxy) is 4. The average Bonchev–Trinajstić information content (AvgIpc) is 2.97. The van der Waals surface area contributed by atoms with Crippen LogP contribution in [0.2, 0.25) is 0 Å². The molecular weight excluding hydrogens is 504 g/mol. The molecule has 0 amide bonds. The molecule has 3 aromatic carbocycles. The molecule has 3 rings (SSSR count). The summed E-state index contributed by atoms with van der Waals surface area (Å²) in [7, 11) is 0. The van der Waals surface area contributed by atoms with E-state index in [2.05, 4.69) is 13.8 Å². The van der Waals surface area contributed by atoms with Crippen LogP contribution in [-0.2, 0) is 9.47 Å². The number of rotatable bonds is 22. The SMILES string of the molecule is CCCCCCCOCC(O)COc1c2ccccc2c(OCC(O)COCCCCCCC)c2ccccc12. The van der Waals surface area contributed by atoms with Gasteiger partial charge in [0.25, 0.3) is 0 Å². The third-order valence-electron chi connectivity index (χ3n) is 7.08. The lowest BCUT2D eigenvalue weighted by Gasteiger charge is -2.20. The van der Waals surface area contributed by atoms with E-state index in [4.69, 9.17) is 18.9 Å². The van der Waals surface area contributed by atoms with Gasteiger partial charge in [-0.1, -0.05) is 114 Å². The summed E-state index contributed by atoms with van der Waals surface area (Å²) in [5, 5.41) is 24.7. The second-order valence-corrected chi connectivity index (χ2v) is 10.7. The van der Waals surface area contributed by atoms with Crippen molar-refractivity contribution < 1.29 is 29.2 Å². The second-order valence-electron chi connectivity index (χ2n) is 10.7. The van der Waals surface area contributed by atoms with E-state index in [-0.39, 0.29) is 26.4 Å². The zero-order chi connectivity index (χ0) is 28.4. The Hall–Kier alpha value is -2.38. The van der Waals surface area contributed by atoms with E-state index in [0.29, 0.717) is 24.7 Å². The second kappa shape index (κ2) is 18.9. The van der Waals surface area contributed by atoms with Crippen LogP contribution in [0.15, 0.2) is 48.5 Å². The van der Waals surface area contributed by atoms with E-state index in [1.54, 1.807) is 0 Å². The van der Waals surface area contributed by atoms with E-state index in [1.165, 1.54) is 38.5 Å². The smallest absolute Gasteiger partial charge is 0.135 e. The van der Waals surface area contributed by atoms with Gasteiger partial charge < -0.3 is 29.2 Å². The number of benzene rings is 3. The van der Waals surface area contributed by atoms with Crippen molar-refractivity contribution in [1.82, 2.24) is 0 Å². The van der Waals surface area contributed by atoms with Crippen molar-refractivity contribution in [3.05, 3.63) is 48.5 Å². The average molecular weight is 555 g/mol. The van der Waals surface area contributed by atoms with Crippen LogP contribution in [0.1, 0.15) is 78.1 Å². The largest absolute Gasteiger partial charge is 0.489 e. The summed E-state index contributed by atoms with van der Waals surface area (Å²) in [5.74, 6) is 1.42. The molecule has 0 saturated carbocycles. The van der Waals surface area contributed by atoms with Crippen molar-refractivity contribution in [3.63, 3.8) is 0 Å². The predicted molar refractivity (Wildman–Crippen MR) is 164 cm³/mol. The molecule has 0 aromatic heterocycles. The van der Waals surface area contributed by atoms with E-state index in [9.17, 15) is 10.2 Å². The molecule has 0 aliphatic heterocycles. The maximum atomic E-state index is 10.5. The first-order valence-corrected chi connectivity index (χ1v) is 15.4. The minimum atomic E-state index is -0.717. The first kappa shape index (κ1) is 32.1. The van der Waals surface area contributed by atoms with Gasteiger partial charge in [0, 0.05) is 34.8 Å². The fraction of sp³-hybridized carbons (Fsp3) is 0.588. The number of hydrogen-bond donors (Lipinski definition) is 2. The Labute approximate surface area is 240 Å². The van der Waals surface area contributed by atoms with Crippen molar-refractivity contribution in [2.45, 2.75) is 90.3 Å². The molecule has 6 heteroatoms. The number of aliphatic hydroxyl groups is 2. The highest BCUT2D eigenvalue weighted by Crippen LogP contribution is 2.42. The Kier molecular flexibility index (Phi) is 15.2. The zero-order valence-corrected chi connectivity index (χ0v) is 24.6. The Bertz CT molecular complexity index is 957. The van der Waals surface area contributed by atoms with E-state index < -0.39 is 12.2 Å². The van der Waals surface area contributed by atoms with Gasteiger partial charge in [0.15, 0.2) is 0 Å². The van der Waals surface area contributed by atoms with Crippen molar-refractivity contribution in [2.24, 2.45) is 0 Å². The lowest BCUT2D eigenvalue weighted by atomic mass is 10.0. The molecular formula is C34H50O6. The Morgan fingerprint density at radius 1 is 0.500 bits per heavy atom. The molecule has 2 unspecified atom stereocenters.